The minimum absolute atomic E-state index is 0.0633. The normalized spacial score (nSPS) is 11.6. The van der Waals surface area contributed by atoms with E-state index in [1.807, 2.05) is 30.3 Å². The number of amides is 1. The lowest BCUT2D eigenvalue weighted by molar-refractivity contribution is -0.142. The Hall–Kier alpha value is -2.48. The number of hydrogen-bond donors (Lipinski definition) is 3. The molecule has 2 aromatic carbocycles. The average Bonchev–Trinajstić information content (AvgIpc) is 2.75. The molecule has 0 radical (unpaired) electrons. The maximum atomic E-state index is 12.8. The Bertz CT molecular complexity index is 877. The Morgan fingerprint density at radius 3 is 2.53 bits per heavy atom. The molecule has 1 amide bonds. The van der Waals surface area contributed by atoms with Crippen molar-refractivity contribution in [2.24, 2.45) is 5.73 Å². The van der Waals surface area contributed by atoms with Gasteiger partial charge in [0, 0.05) is 6.42 Å². The van der Waals surface area contributed by atoms with Crippen molar-refractivity contribution in [3.63, 3.8) is 0 Å². The standard InChI is InChI=1S/C21H24Cl2N2O5/c1-29-21(28)16(11-13-7-3-2-4-8-13)25-20(27)14-12-15(22)19(17(23)18(14)26)30-10-6-5-9-24/h2-4,7-8,12,16,26H,5-6,9-11,24H2,1H3,(H,25,27). The van der Waals surface area contributed by atoms with Gasteiger partial charge in [0.2, 0.25) is 0 Å². The van der Waals surface area contributed by atoms with Crippen LogP contribution in [0.4, 0.5) is 0 Å². The van der Waals surface area contributed by atoms with Crippen molar-refractivity contribution in [1.82, 2.24) is 5.32 Å². The summed E-state index contributed by atoms with van der Waals surface area (Å²) < 4.78 is 10.3. The molecule has 2 rings (SSSR count). The first-order valence-corrected chi connectivity index (χ1v) is 10.1. The first kappa shape index (κ1) is 23.8. The van der Waals surface area contributed by atoms with Crippen molar-refractivity contribution in [3.8, 4) is 11.5 Å². The number of methoxy groups -OCH3 is 1. The predicted molar refractivity (Wildman–Crippen MR) is 115 cm³/mol. The van der Waals surface area contributed by atoms with E-state index in [1.54, 1.807) is 0 Å². The molecule has 0 aliphatic rings. The highest BCUT2D eigenvalue weighted by molar-refractivity contribution is 6.39. The number of nitrogens with two attached hydrogens (primary N) is 1. The van der Waals surface area contributed by atoms with Crippen LogP contribution in [0.15, 0.2) is 36.4 Å². The molecule has 30 heavy (non-hydrogen) atoms. The summed E-state index contributed by atoms with van der Waals surface area (Å²) in [6, 6.07) is 9.42. The lowest BCUT2D eigenvalue weighted by Crippen LogP contribution is -2.43. The number of nitrogens with one attached hydrogen (secondary N) is 1. The SMILES string of the molecule is COC(=O)C(Cc1ccccc1)NC(=O)c1cc(Cl)c(OCCCCN)c(Cl)c1O. The van der Waals surface area contributed by atoms with Gasteiger partial charge in [-0.05, 0) is 31.0 Å². The van der Waals surface area contributed by atoms with E-state index >= 15 is 0 Å². The average molecular weight is 455 g/mol. The van der Waals surface area contributed by atoms with Crippen LogP contribution in [-0.4, -0.2) is 43.3 Å². The lowest BCUT2D eigenvalue weighted by atomic mass is 10.1. The van der Waals surface area contributed by atoms with Crippen LogP contribution in [0.3, 0.4) is 0 Å². The van der Waals surface area contributed by atoms with Crippen LogP contribution in [0.5, 0.6) is 11.5 Å². The van der Waals surface area contributed by atoms with E-state index < -0.39 is 23.7 Å². The molecule has 0 aliphatic carbocycles. The Balaban J connectivity index is 2.20. The third-order valence-corrected chi connectivity index (χ3v) is 4.94. The molecular formula is C21H24Cl2N2O5. The number of hydrogen-bond acceptors (Lipinski definition) is 6. The van der Waals surface area contributed by atoms with Gasteiger partial charge >= 0.3 is 5.97 Å². The zero-order valence-corrected chi connectivity index (χ0v) is 18.0. The van der Waals surface area contributed by atoms with Gasteiger partial charge in [0.15, 0.2) is 11.5 Å². The van der Waals surface area contributed by atoms with Gasteiger partial charge in [-0.3, -0.25) is 4.79 Å². The second-order valence-electron chi connectivity index (χ2n) is 6.48. The Morgan fingerprint density at radius 2 is 1.90 bits per heavy atom. The second kappa shape index (κ2) is 11.6. The molecule has 9 heteroatoms. The van der Waals surface area contributed by atoms with E-state index in [1.165, 1.54) is 13.2 Å². The number of benzene rings is 2. The van der Waals surface area contributed by atoms with Crippen LogP contribution in [0.25, 0.3) is 0 Å². The summed E-state index contributed by atoms with van der Waals surface area (Å²) in [5.74, 6) is -1.75. The topological polar surface area (TPSA) is 111 Å². The number of halogens is 2. The van der Waals surface area contributed by atoms with E-state index in [9.17, 15) is 14.7 Å². The van der Waals surface area contributed by atoms with Gasteiger partial charge < -0.3 is 25.6 Å². The Morgan fingerprint density at radius 1 is 1.20 bits per heavy atom. The molecule has 1 atom stereocenters. The van der Waals surface area contributed by atoms with Gasteiger partial charge in [0.1, 0.15) is 11.1 Å². The van der Waals surface area contributed by atoms with Crippen LogP contribution < -0.4 is 15.8 Å². The highest BCUT2D eigenvalue weighted by Gasteiger charge is 2.26. The summed E-state index contributed by atoms with van der Waals surface area (Å²) in [7, 11) is 1.23. The van der Waals surface area contributed by atoms with Crippen LogP contribution in [0, 0.1) is 0 Å². The number of esters is 1. The van der Waals surface area contributed by atoms with Crippen molar-refractivity contribution < 1.29 is 24.2 Å². The molecule has 0 saturated heterocycles. The van der Waals surface area contributed by atoms with Crippen molar-refractivity contribution in [1.29, 1.82) is 0 Å². The van der Waals surface area contributed by atoms with Crippen molar-refractivity contribution in [2.45, 2.75) is 25.3 Å². The molecule has 4 N–H and O–H groups in total. The van der Waals surface area contributed by atoms with Gasteiger partial charge in [0.25, 0.3) is 5.91 Å². The molecule has 0 heterocycles. The quantitative estimate of drug-likeness (QED) is 0.375. The van der Waals surface area contributed by atoms with Crippen molar-refractivity contribution in [2.75, 3.05) is 20.3 Å². The summed E-state index contributed by atoms with van der Waals surface area (Å²) in [6.07, 6.45) is 1.66. The second-order valence-corrected chi connectivity index (χ2v) is 7.27. The molecule has 7 nitrogen and oxygen atoms in total. The summed E-state index contributed by atoms with van der Waals surface area (Å²) in [5, 5.41) is 12.8. The van der Waals surface area contributed by atoms with E-state index in [0.29, 0.717) is 19.6 Å². The monoisotopic (exact) mass is 454 g/mol. The number of phenolic OH excluding ortho intramolecular Hbond substituents is 1. The summed E-state index contributed by atoms with van der Waals surface area (Å²) in [5.41, 5.74) is 6.09. The molecule has 0 saturated carbocycles. The minimum atomic E-state index is -0.964. The number of phenols is 1. The maximum Gasteiger partial charge on any atom is 0.328 e. The fourth-order valence-electron chi connectivity index (χ4n) is 2.74. The summed E-state index contributed by atoms with van der Waals surface area (Å²) >= 11 is 12.4. The summed E-state index contributed by atoms with van der Waals surface area (Å²) in [6.45, 7) is 0.836. The Kier molecular flexibility index (Phi) is 9.23. The van der Waals surface area contributed by atoms with Gasteiger partial charge in [-0.25, -0.2) is 4.79 Å². The van der Waals surface area contributed by atoms with E-state index in [2.05, 4.69) is 5.32 Å². The summed E-state index contributed by atoms with van der Waals surface area (Å²) in [4.78, 5) is 24.9. The number of carbonyl (C=O) groups is 2. The number of rotatable bonds is 10. The fraction of sp³-hybridized carbons (Fsp3) is 0.333. The van der Waals surface area contributed by atoms with E-state index in [0.717, 1.165) is 12.0 Å². The smallest absolute Gasteiger partial charge is 0.328 e. The molecule has 162 valence electrons. The largest absolute Gasteiger partial charge is 0.505 e. The minimum Gasteiger partial charge on any atom is -0.505 e. The highest BCUT2D eigenvalue weighted by atomic mass is 35.5. The van der Waals surface area contributed by atoms with Crippen LogP contribution in [0.2, 0.25) is 10.0 Å². The van der Waals surface area contributed by atoms with Crippen LogP contribution in [0.1, 0.15) is 28.8 Å². The molecular weight excluding hydrogens is 431 g/mol. The fourth-order valence-corrected chi connectivity index (χ4v) is 3.30. The molecule has 0 spiro atoms. The van der Waals surface area contributed by atoms with Crippen molar-refractivity contribution >= 4 is 35.1 Å². The lowest BCUT2D eigenvalue weighted by Gasteiger charge is -2.18. The van der Waals surface area contributed by atoms with Crippen LogP contribution >= 0.6 is 23.2 Å². The van der Waals surface area contributed by atoms with E-state index in [4.69, 9.17) is 38.4 Å². The predicted octanol–water partition coefficient (Wildman–Crippen LogP) is 3.33. The highest BCUT2D eigenvalue weighted by Crippen LogP contribution is 2.42. The number of carbonyl (C=O) groups excluding carboxylic acids is 2. The van der Waals surface area contributed by atoms with Gasteiger partial charge in [-0.2, -0.15) is 0 Å². The molecule has 1 unspecified atom stereocenters. The van der Waals surface area contributed by atoms with Gasteiger partial charge in [-0.15, -0.1) is 0 Å². The Labute approximate surface area is 185 Å². The molecule has 0 bridgehead atoms. The number of unbranched alkanes of at least 4 members (excludes halogenated alkanes) is 1. The molecule has 0 aliphatic heterocycles. The number of ether oxygens (including phenoxy) is 2. The van der Waals surface area contributed by atoms with Gasteiger partial charge in [-0.1, -0.05) is 53.5 Å². The van der Waals surface area contributed by atoms with E-state index in [-0.39, 0.29) is 27.8 Å². The zero-order chi connectivity index (χ0) is 22.1. The first-order valence-electron chi connectivity index (χ1n) is 9.35. The third kappa shape index (κ3) is 6.26. The van der Waals surface area contributed by atoms with Crippen LogP contribution in [-0.2, 0) is 16.0 Å². The molecule has 0 aromatic heterocycles. The van der Waals surface area contributed by atoms with Gasteiger partial charge in [0.05, 0.1) is 24.3 Å². The van der Waals surface area contributed by atoms with Crippen molar-refractivity contribution in [3.05, 3.63) is 57.6 Å². The molecule has 2 aromatic rings. The first-order chi connectivity index (χ1) is 14.4. The third-order valence-electron chi connectivity index (χ3n) is 4.31. The number of aromatic hydroxyl groups is 1. The maximum absolute atomic E-state index is 12.8. The molecule has 0 fully saturated rings. The zero-order valence-electron chi connectivity index (χ0n) is 16.5.